The number of aromatic hydroxyl groups is 1. The Hall–Kier alpha value is -3.47. The summed E-state index contributed by atoms with van der Waals surface area (Å²) in [5, 5.41) is 19.3. The molecule has 1 fully saturated rings. The zero-order valence-electron chi connectivity index (χ0n) is 19.2. The number of benzene rings is 3. The molecule has 1 atom stereocenters. The molecule has 0 bridgehead atoms. The van der Waals surface area contributed by atoms with Crippen LogP contribution in [-0.2, 0) is 16.0 Å². The highest BCUT2D eigenvalue weighted by Gasteiger charge is 2.40. The van der Waals surface area contributed by atoms with Crippen molar-refractivity contribution >= 4 is 68.0 Å². The Balaban J connectivity index is 1.43. The van der Waals surface area contributed by atoms with Gasteiger partial charge in [-0.25, -0.2) is 4.79 Å². The molecule has 1 saturated heterocycles. The van der Waals surface area contributed by atoms with E-state index in [0.29, 0.717) is 31.8 Å². The van der Waals surface area contributed by atoms with E-state index in [1.165, 1.54) is 12.1 Å². The fraction of sp³-hybridized carbons (Fsp3) is 0.111. The van der Waals surface area contributed by atoms with Crippen LogP contribution in [-0.4, -0.2) is 49.7 Å². The molecule has 1 aliphatic heterocycles. The predicted octanol–water partition coefficient (Wildman–Crippen LogP) is 5.31. The summed E-state index contributed by atoms with van der Waals surface area (Å²) in [6.07, 6.45) is 1.68. The number of ketones is 1. The SMILES string of the molecule is O=C(COc1ccc(/C=C2\SC(=S)N([C@@H](Cc3ccc(O)cc3)C(=O)O)C2=O)cc1)c1ccccc1Br. The first kappa shape index (κ1) is 26.6. The fourth-order valence-corrected chi connectivity index (χ4v) is 5.48. The lowest BCUT2D eigenvalue weighted by molar-refractivity contribution is -0.145. The minimum absolute atomic E-state index is 0.0413. The average molecular weight is 598 g/mol. The van der Waals surface area contributed by atoms with Crippen LogP contribution >= 0.6 is 39.9 Å². The maximum atomic E-state index is 13.1. The van der Waals surface area contributed by atoms with Crippen LogP contribution < -0.4 is 4.74 Å². The van der Waals surface area contributed by atoms with E-state index in [2.05, 4.69) is 15.9 Å². The summed E-state index contributed by atoms with van der Waals surface area (Å²) < 4.78 is 6.46. The lowest BCUT2D eigenvalue weighted by Gasteiger charge is -2.23. The third-order valence-corrected chi connectivity index (χ3v) is 7.53. The van der Waals surface area contributed by atoms with E-state index in [9.17, 15) is 24.6 Å². The normalized spacial score (nSPS) is 15.2. The lowest BCUT2D eigenvalue weighted by atomic mass is 10.0. The van der Waals surface area contributed by atoms with Gasteiger partial charge < -0.3 is 14.9 Å². The largest absolute Gasteiger partial charge is 0.508 e. The molecule has 2 N–H and O–H groups in total. The number of nitrogens with zero attached hydrogens (tertiary/aromatic N) is 1. The number of amides is 1. The van der Waals surface area contributed by atoms with Crippen LogP contribution in [0.3, 0.4) is 0 Å². The molecule has 0 spiro atoms. The minimum Gasteiger partial charge on any atom is -0.508 e. The van der Waals surface area contributed by atoms with Gasteiger partial charge in [-0.3, -0.25) is 14.5 Å². The molecule has 1 amide bonds. The molecular weight excluding hydrogens is 578 g/mol. The highest BCUT2D eigenvalue weighted by molar-refractivity contribution is 9.10. The Morgan fingerprint density at radius 2 is 1.73 bits per heavy atom. The standard InChI is InChI=1S/C27H20BrNO6S2/c28-21-4-2-1-3-20(21)23(31)15-35-19-11-7-17(8-12-19)14-24-25(32)29(27(36)37-24)22(26(33)34)13-16-5-9-18(30)10-6-16/h1-12,14,22,30H,13,15H2,(H,33,34)/b24-14-/t22-/m0/s1. The molecule has 0 aliphatic carbocycles. The van der Waals surface area contributed by atoms with Gasteiger partial charge in [-0.2, -0.15) is 0 Å². The van der Waals surface area contributed by atoms with Crippen LogP contribution in [0.25, 0.3) is 6.08 Å². The molecule has 37 heavy (non-hydrogen) atoms. The summed E-state index contributed by atoms with van der Waals surface area (Å²) in [7, 11) is 0. The Morgan fingerprint density at radius 1 is 1.05 bits per heavy atom. The number of aliphatic carboxylic acids is 1. The molecule has 1 heterocycles. The number of thiocarbonyl (C=S) groups is 1. The summed E-state index contributed by atoms with van der Waals surface area (Å²) >= 11 is 9.74. The summed E-state index contributed by atoms with van der Waals surface area (Å²) in [6.45, 7) is -0.127. The van der Waals surface area contributed by atoms with E-state index in [1.807, 2.05) is 6.07 Å². The second-order valence-corrected chi connectivity index (χ2v) is 10.6. The monoisotopic (exact) mass is 597 g/mol. The number of ether oxygens (including phenoxy) is 1. The van der Waals surface area contributed by atoms with Crippen LogP contribution in [0.1, 0.15) is 21.5 Å². The molecule has 3 aromatic carbocycles. The van der Waals surface area contributed by atoms with Gasteiger partial charge in [0, 0.05) is 16.5 Å². The van der Waals surface area contributed by atoms with Crippen LogP contribution in [0.15, 0.2) is 82.2 Å². The Labute approximate surface area is 230 Å². The maximum Gasteiger partial charge on any atom is 0.327 e. The number of Topliss-reactive ketones (excluding diaryl/α,β-unsaturated/α-hetero) is 1. The third-order valence-electron chi connectivity index (χ3n) is 5.51. The summed E-state index contributed by atoms with van der Waals surface area (Å²) in [4.78, 5) is 38.9. The molecule has 0 radical (unpaired) electrons. The molecule has 0 aromatic heterocycles. The van der Waals surface area contributed by atoms with Crippen molar-refractivity contribution in [2.24, 2.45) is 0 Å². The van der Waals surface area contributed by atoms with Crippen LogP contribution in [0.4, 0.5) is 0 Å². The molecule has 1 aliphatic rings. The van der Waals surface area contributed by atoms with Gasteiger partial charge in [-0.1, -0.05) is 82.4 Å². The van der Waals surface area contributed by atoms with Gasteiger partial charge in [0.15, 0.2) is 6.61 Å². The van der Waals surface area contributed by atoms with Crippen molar-refractivity contribution in [3.05, 3.63) is 98.9 Å². The number of hydrogen-bond acceptors (Lipinski definition) is 7. The van der Waals surface area contributed by atoms with Crippen molar-refractivity contribution in [1.82, 2.24) is 4.90 Å². The van der Waals surface area contributed by atoms with Gasteiger partial charge in [-0.05, 0) is 47.5 Å². The van der Waals surface area contributed by atoms with Gasteiger partial charge in [0.1, 0.15) is 21.9 Å². The van der Waals surface area contributed by atoms with Crippen molar-refractivity contribution < 1.29 is 29.3 Å². The second kappa shape index (κ2) is 11.7. The summed E-state index contributed by atoms with van der Waals surface area (Å²) in [5.41, 5.74) is 1.87. The summed E-state index contributed by atoms with van der Waals surface area (Å²) in [6, 6.07) is 18.9. The average Bonchev–Trinajstić information content (AvgIpc) is 3.15. The number of carbonyl (C=O) groups is 3. The molecule has 188 valence electrons. The number of thioether (sulfide) groups is 1. The van der Waals surface area contributed by atoms with Crippen molar-refractivity contribution in [3.8, 4) is 11.5 Å². The number of phenols is 1. The van der Waals surface area contributed by atoms with Gasteiger partial charge in [0.25, 0.3) is 5.91 Å². The lowest BCUT2D eigenvalue weighted by Crippen LogP contribution is -2.45. The van der Waals surface area contributed by atoms with Crippen molar-refractivity contribution in [2.45, 2.75) is 12.5 Å². The number of carboxylic acid groups (broad SMARTS) is 1. The van der Waals surface area contributed by atoms with E-state index in [0.717, 1.165) is 16.7 Å². The van der Waals surface area contributed by atoms with Crippen LogP contribution in [0, 0.1) is 0 Å². The van der Waals surface area contributed by atoms with E-state index >= 15 is 0 Å². The number of rotatable bonds is 9. The Kier molecular flexibility index (Phi) is 8.42. The molecule has 10 heteroatoms. The van der Waals surface area contributed by atoms with Crippen LogP contribution in [0.2, 0.25) is 0 Å². The van der Waals surface area contributed by atoms with E-state index < -0.39 is 17.9 Å². The molecular formula is C27H20BrNO6S2. The molecule has 3 aromatic rings. The molecule has 4 rings (SSSR count). The molecule has 0 saturated carbocycles. The zero-order chi connectivity index (χ0) is 26.5. The fourth-order valence-electron chi connectivity index (χ4n) is 3.62. The first-order chi connectivity index (χ1) is 17.7. The smallest absolute Gasteiger partial charge is 0.327 e. The van der Waals surface area contributed by atoms with Crippen LogP contribution in [0.5, 0.6) is 11.5 Å². The number of carbonyl (C=O) groups excluding carboxylic acids is 2. The third kappa shape index (κ3) is 6.46. The van der Waals surface area contributed by atoms with E-state index in [1.54, 1.807) is 60.7 Å². The highest BCUT2D eigenvalue weighted by atomic mass is 79.9. The van der Waals surface area contributed by atoms with Crippen molar-refractivity contribution in [2.75, 3.05) is 6.61 Å². The topological polar surface area (TPSA) is 104 Å². The van der Waals surface area contributed by atoms with Gasteiger partial charge in [0.05, 0.1) is 4.91 Å². The van der Waals surface area contributed by atoms with Gasteiger partial charge in [-0.15, -0.1) is 0 Å². The predicted molar refractivity (Wildman–Crippen MR) is 149 cm³/mol. The van der Waals surface area contributed by atoms with E-state index in [-0.39, 0.29) is 28.9 Å². The number of halogens is 1. The van der Waals surface area contributed by atoms with Crippen molar-refractivity contribution in [1.29, 1.82) is 0 Å². The number of carboxylic acids is 1. The first-order valence-corrected chi connectivity index (χ1v) is 13.0. The Bertz CT molecular complexity index is 1390. The number of phenolic OH excluding ortho intramolecular Hbond substituents is 1. The van der Waals surface area contributed by atoms with Gasteiger partial charge in [0.2, 0.25) is 5.78 Å². The molecule has 7 nitrogen and oxygen atoms in total. The van der Waals surface area contributed by atoms with E-state index in [4.69, 9.17) is 17.0 Å². The first-order valence-electron chi connectivity index (χ1n) is 11.0. The number of hydrogen-bond donors (Lipinski definition) is 2. The maximum absolute atomic E-state index is 13.1. The quantitative estimate of drug-likeness (QED) is 0.194. The second-order valence-electron chi connectivity index (χ2n) is 8.04. The highest BCUT2D eigenvalue weighted by Crippen LogP contribution is 2.35. The Morgan fingerprint density at radius 3 is 2.38 bits per heavy atom. The minimum atomic E-state index is -1.18. The molecule has 0 unspecified atom stereocenters. The summed E-state index contributed by atoms with van der Waals surface area (Å²) in [5.74, 6) is -1.27. The van der Waals surface area contributed by atoms with Gasteiger partial charge >= 0.3 is 5.97 Å². The van der Waals surface area contributed by atoms with Crippen molar-refractivity contribution in [3.63, 3.8) is 0 Å². The zero-order valence-corrected chi connectivity index (χ0v) is 22.4.